The second kappa shape index (κ2) is 9.85. The number of methoxy groups -OCH3 is 1. The highest BCUT2D eigenvalue weighted by molar-refractivity contribution is 7.92. The second-order valence-corrected chi connectivity index (χ2v) is 7.60. The summed E-state index contributed by atoms with van der Waals surface area (Å²) in [7, 11) is -2.16. The average Bonchev–Trinajstić information content (AvgIpc) is 2.58. The van der Waals surface area contributed by atoms with Crippen molar-refractivity contribution in [3.8, 4) is 5.75 Å². The molecule has 0 aliphatic rings. The molecule has 0 aliphatic heterocycles. The van der Waals surface area contributed by atoms with Crippen molar-refractivity contribution >= 4 is 27.7 Å². The molecule has 0 heterocycles. The molecule has 1 unspecified atom stereocenters. The molecule has 0 fully saturated rings. The Morgan fingerprint density at radius 2 is 1.85 bits per heavy atom. The fraction of sp³-hybridized carbons (Fsp3) is 0.500. The highest BCUT2D eigenvalue weighted by Crippen LogP contribution is 2.16. The Bertz CT molecular complexity index is 705. The molecule has 2 atom stereocenters. The standard InChI is InChI=1S/C16H25N3O6S/c1-4-11(2)14(18-16(21)22)15(20)17-9-10-26(23,24)19-12-5-7-13(25-3)8-6-12/h5-8,11,14,18-19H,4,9-10H2,1-3H3,(H,17,20)(H,21,22)/t11?,14-/m0/s1. The van der Waals surface area contributed by atoms with Crippen LogP contribution in [-0.4, -0.2) is 51.0 Å². The predicted octanol–water partition coefficient (Wildman–Crippen LogP) is 1.24. The third-order valence-corrected chi connectivity index (χ3v) is 5.10. The molecule has 1 aromatic rings. The zero-order valence-corrected chi connectivity index (χ0v) is 15.8. The van der Waals surface area contributed by atoms with E-state index in [-0.39, 0.29) is 18.2 Å². The number of carboxylic acid groups (broad SMARTS) is 1. The molecule has 1 rings (SSSR count). The number of nitrogens with one attached hydrogen (secondary N) is 3. The number of benzene rings is 1. The molecule has 0 aromatic heterocycles. The van der Waals surface area contributed by atoms with Gasteiger partial charge in [0.25, 0.3) is 0 Å². The molecule has 0 radical (unpaired) electrons. The summed E-state index contributed by atoms with van der Waals surface area (Å²) in [6, 6.07) is 5.42. The summed E-state index contributed by atoms with van der Waals surface area (Å²) in [5.74, 6) is -0.519. The molecule has 0 bridgehead atoms. The number of anilines is 1. The van der Waals surface area contributed by atoms with Gasteiger partial charge < -0.3 is 20.5 Å². The first kappa shape index (κ1) is 21.6. The zero-order chi connectivity index (χ0) is 19.7. The first-order valence-electron chi connectivity index (χ1n) is 8.10. The van der Waals surface area contributed by atoms with Crippen LogP contribution in [0, 0.1) is 5.92 Å². The summed E-state index contributed by atoms with van der Waals surface area (Å²) in [5, 5.41) is 13.4. The zero-order valence-electron chi connectivity index (χ0n) is 15.0. The van der Waals surface area contributed by atoms with Gasteiger partial charge in [0.1, 0.15) is 11.8 Å². The highest BCUT2D eigenvalue weighted by Gasteiger charge is 2.25. The van der Waals surface area contributed by atoms with E-state index in [4.69, 9.17) is 9.84 Å². The highest BCUT2D eigenvalue weighted by atomic mass is 32.2. The monoisotopic (exact) mass is 387 g/mol. The molecule has 0 spiro atoms. The molecule has 0 saturated carbocycles. The minimum Gasteiger partial charge on any atom is -0.497 e. The molecule has 10 heteroatoms. The molecule has 4 N–H and O–H groups in total. The summed E-state index contributed by atoms with van der Waals surface area (Å²) in [4.78, 5) is 22.9. The van der Waals surface area contributed by atoms with Gasteiger partial charge in [0, 0.05) is 12.2 Å². The number of carbonyl (C=O) groups is 2. The van der Waals surface area contributed by atoms with Gasteiger partial charge in [0.05, 0.1) is 12.9 Å². The van der Waals surface area contributed by atoms with Crippen molar-refractivity contribution in [2.75, 3.05) is 24.1 Å². The number of carbonyl (C=O) groups excluding carboxylic acids is 1. The van der Waals surface area contributed by atoms with Crippen molar-refractivity contribution in [3.63, 3.8) is 0 Å². The number of hydrogen-bond acceptors (Lipinski definition) is 5. The molecule has 9 nitrogen and oxygen atoms in total. The fourth-order valence-corrected chi connectivity index (χ4v) is 3.11. The van der Waals surface area contributed by atoms with Crippen LogP contribution in [0.15, 0.2) is 24.3 Å². The van der Waals surface area contributed by atoms with Gasteiger partial charge >= 0.3 is 6.09 Å². The van der Waals surface area contributed by atoms with Crippen LogP contribution in [0.1, 0.15) is 20.3 Å². The van der Waals surface area contributed by atoms with E-state index < -0.39 is 28.1 Å². The van der Waals surface area contributed by atoms with E-state index in [1.165, 1.54) is 7.11 Å². The Hall–Kier alpha value is -2.49. The van der Waals surface area contributed by atoms with Gasteiger partial charge in [-0.3, -0.25) is 9.52 Å². The normalized spacial score (nSPS) is 13.3. The number of sulfonamides is 1. The van der Waals surface area contributed by atoms with Crippen LogP contribution in [0.4, 0.5) is 10.5 Å². The Morgan fingerprint density at radius 3 is 2.35 bits per heavy atom. The predicted molar refractivity (Wildman–Crippen MR) is 97.8 cm³/mol. The van der Waals surface area contributed by atoms with E-state index >= 15 is 0 Å². The summed E-state index contributed by atoms with van der Waals surface area (Å²) in [5.41, 5.74) is 0.377. The Labute approximate surface area is 153 Å². The second-order valence-electron chi connectivity index (χ2n) is 5.75. The number of amides is 2. The third-order valence-electron chi connectivity index (χ3n) is 3.81. The topological polar surface area (TPSA) is 134 Å². The molecular weight excluding hydrogens is 362 g/mol. The van der Waals surface area contributed by atoms with Crippen LogP contribution in [-0.2, 0) is 14.8 Å². The van der Waals surface area contributed by atoms with Crippen molar-refractivity contribution in [3.05, 3.63) is 24.3 Å². The van der Waals surface area contributed by atoms with Crippen LogP contribution >= 0.6 is 0 Å². The van der Waals surface area contributed by atoms with Crippen molar-refractivity contribution in [2.45, 2.75) is 26.3 Å². The molecule has 146 valence electrons. The van der Waals surface area contributed by atoms with E-state index in [9.17, 15) is 18.0 Å². The van der Waals surface area contributed by atoms with Gasteiger partial charge in [-0.25, -0.2) is 13.2 Å². The van der Waals surface area contributed by atoms with E-state index in [1.807, 2.05) is 6.92 Å². The van der Waals surface area contributed by atoms with E-state index in [1.54, 1.807) is 31.2 Å². The van der Waals surface area contributed by atoms with E-state index in [0.717, 1.165) is 0 Å². The van der Waals surface area contributed by atoms with Crippen molar-refractivity contribution < 1.29 is 27.9 Å². The van der Waals surface area contributed by atoms with Gasteiger partial charge in [0.2, 0.25) is 15.9 Å². The van der Waals surface area contributed by atoms with E-state index in [0.29, 0.717) is 17.9 Å². The Morgan fingerprint density at radius 1 is 1.23 bits per heavy atom. The molecular formula is C16H25N3O6S. The van der Waals surface area contributed by atoms with Gasteiger partial charge in [-0.05, 0) is 30.2 Å². The van der Waals surface area contributed by atoms with Crippen LogP contribution < -0.4 is 20.1 Å². The third kappa shape index (κ3) is 7.18. The quantitative estimate of drug-likeness (QED) is 0.477. The first-order chi connectivity index (χ1) is 12.2. The Kier molecular flexibility index (Phi) is 8.17. The lowest BCUT2D eigenvalue weighted by Crippen LogP contribution is -2.50. The molecule has 0 aliphatic carbocycles. The Balaban J connectivity index is 2.57. The van der Waals surface area contributed by atoms with Crippen molar-refractivity contribution in [1.82, 2.24) is 10.6 Å². The SMILES string of the molecule is CCC(C)[C@H](NC(=O)O)C(=O)NCCS(=O)(=O)Nc1ccc(OC)cc1. The first-order valence-corrected chi connectivity index (χ1v) is 9.75. The minimum absolute atomic E-state index is 0.140. The summed E-state index contributed by atoms with van der Waals surface area (Å²) < 4.78 is 31.5. The van der Waals surface area contributed by atoms with Gasteiger partial charge in [-0.2, -0.15) is 0 Å². The van der Waals surface area contributed by atoms with Crippen LogP contribution in [0.2, 0.25) is 0 Å². The number of hydrogen-bond donors (Lipinski definition) is 4. The van der Waals surface area contributed by atoms with Crippen LogP contribution in [0.5, 0.6) is 5.75 Å². The smallest absolute Gasteiger partial charge is 0.405 e. The average molecular weight is 387 g/mol. The van der Waals surface area contributed by atoms with Crippen molar-refractivity contribution in [1.29, 1.82) is 0 Å². The summed E-state index contributed by atoms with van der Waals surface area (Å²) in [6.45, 7) is 3.43. The van der Waals surface area contributed by atoms with Crippen molar-refractivity contribution in [2.24, 2.45) is 5.92 Å². The molecule has 26 heavy (non-hydrogen) atoms. The maximum Gasteiger partial charge on any atom is 0.405 e. The lowest BCUT2D eigenvalue weighted by atomic mass is 9.98. The van der Waals surface area contributed by atoms with Crippen LogP contribution in [0.25, 0.3) is 0 Å². The van der Waals surface area contributed by atoms with Gasteiger partial charge in [-0.1, -0.05) is 20.3 Å². The maximum absolute atomic E-state index is 12.1. The van der Waals surface area contributed by atoms with Gasteiger partial charge in [-0.15, -0.1) is 0 Å². The molecule has 0 saturated heterocycles. The lowest BCUT2D eigenvalue weighted by Gasteiger charge is -2.22. The fourth-order valence-electron chi connectivity index (χ4n) is 2.14. The minimum atomic E-state index is -3.67. The summed E-state index contributed by atoms with van der Waals surface area (Å²) in [6.07, 6.45) is -0.713. The molecule has 1 aromatic carbocycles. The largest absolute Gasteiger partial charge is 0.497 e. The maximum atomic E-state index is 12.1. The summed E-state index contributed by atoms with van der Waals surface area (Å²) >= 11 is 0. The molecule has 2 amide bonds. The van der Waals surface area contributed by atoms with Crippen LogP contribution in [0.3, 0.4) is 0 Å². The van der Waals surface area contributed by atoms with Gasteiger partial charge in [0.15, 0.2) is 0 Å². The lowest BCUT2D eigenvalue weighted by molar-refractivity contribution is -0.124. The number of ether oxygens (including phenoxy) is 1. The van der Waals surface area contributed by atoms with E-state index in [2.05, 4.69) is 15.4 Å². The number of rotatable bonds is 10.